The van der Waals surface area contributed by atoms with Crippen LogP contribution in [0.2, 0.25) is 0 Å². The lowest BCUT2D eigenvalue weighted by Crippen LogP contribution is -1.97. The molecule has 1 rings (SSSR count). The first-order valence-corrected chi connectivity index (χ1v) is 4.94. The number of carbonyl (C=O) groups is 2. The van der Waals surface area contributed by atoms with E-state index < -0.39 is 0 Å². The van der Waals surface area contributed by atoms with E-state index in [1.807, 2.05) is 30.3 Å². The van der Waals surface area contributed by atoms with Gasteiger partial charge in [0.05, 0.1) is 0 Å². The fraction of sp³-hybridized carbons (Fsp3) is 0.231. The molecule has 0 bridgehead atoms. The maximum Gasteiger partial charge on any atom is 0.156 e. The lowest BCUT2D eigenvalue weighted by atomic mass is 10.1. The molecule has 1 aromatic carbocycles. The van der Waals surface area contributed by atoms with Gasteiger partial charge in [-0.25, -0.2) is 0 Å². The minimum Gasteiger partial charge on any atom is -0.300 e. The summed E-state index contributed by atoms with van der Waals surface area (Å²) in [5.74, 6) is 0.0468. The molecule has 0 amide bonds. The van der Waals surface area contributed by atoms with Gasteiger partial charge in [0, 0.05) is 12.8 Å². The van der Waals surface area contributed by atoms with Crippen LogP contribution in [0.25, 0.3) is 6.08 Å². The van der Waals surface area contributed by atoms with Crippen molar-refractivity contribution in [2.24, 2.45) is 0 Å². The Hall–Kier alpha value is -1.70. The highest BCUT2D eigenvalue weighted by Gasteiger charge is 1.99. The van der Waals surface area contributed by atoms with Gasteiger partial charge < -0.3 is 4.79 Å². The number of hydrogen-bond acceptors (Lipinski definition) is 2. The molecule has 15 heavy (non-hydrogen) atoms. The van der Waals surface area contributed by atoms with Crippen molar-refractivity contribution in [3.63, 3.8) is 0 Å². The van der Waals surface area contributed by atoms with Gasteiger partial charge in [-0.3, -0.25) is 4.79 Å². The number of rotatable bonds is 5. The van der Waals surface area contributed by atoms with Gasteiger partial charge in [-0.1, -0.05) is 36.4 Å². The third kappa shape index (κ3) is 4.91. The van der Waals surface area contributed by atoms with Gasteiger partial charge in [-0.2, -0.15) is 0 Å². The predicted molar refractivity (Wildman–Crippen MR) is 60.4 cm³/mol. The quantitative estimate of drug-likeness (QED) is 0.688. The highest BCUT2D eigenvalue weighted by molar-refractivity contribution is 5.95. The normalized spacial score (nSPS) is 10.5. The highest BCUT2D eigenvalue weighted by Crippen LogP contribution is 2.02. The van der Waals surface area contributed by atoms with Crippen LogP contribution in [-0.4, -0.2) is 11.6 Å². The second-order valence-electron chi connectivity index (χ2n) is 3.41. The second-order valence-corrected chi connectivity index (χ2v) is 3.41. The maximum atomic E-state index is 11.3. The van der Waals surface area contributed by atoms with Crippen LogP contribution in [-0.2, 0) is 9.59 Å². The van der Waals surface area contributed by atoms with E-state index in [9.17, 15) is 9.59 Å². The van der Waals surface area contributed by atoms with Crippen molar-refractivity contribution in [3.05, 3.63) is 42.0 Å². The van der Waals surface area contributed by atoms with Crippen LogP contribution in [0.4, 0.5) is 0 Å². The Balaban J connectivity index is 2.44. The number of Topliss-reactive ketones (excluding diaryl/α,β-unsaturated/α-hetero) is 1. The molecular weight excluding hydrogens is 188 g/mol. The predicted octanol–water partition coefficient (Wildman–Crippen LogP) is 2.64. The second kappa shape index (κ2) is 5.91. The molecule has 2 nitrogen and oxygen atoms in total. The first-order valence-electron chi connectivity index (χ1n) is 4.94. The molecule has 0 N–H and O–H groups in total. The summed E-state index contributed by atoms with van der Waals surface area (Å²) >= 11 is 0. The zero-order valence-electron chi connectivity index (χ0n) is 8.77. The number of hydrogen-bond donors (Lipinski definition) is 0. The summed E-state index contributed by atoms with van der Waals surface area (Å²) in [4.78, 5) is 21.9. The molecule has 0 aliphatic heterocycles. The largest absolute Gasteiger partial charge is 0.300 e. The summed E-state index contributed by atoms with van der Waals surface area (Å²) in [7, 11) is 0. The summed E-state index contributed by atoms with van der Waals surface area (Å²) in [6, 6.07) is 9.61. The molecule has 0 spiro atoms. The first-order chi connectivity index (χ1) is 7.18. The average Bonchev–Trinajstić information content (AvgIpc) is 2.25. The van der Waals surface area contributed by atoms with Crippen LogP contribution in [0, 0.1) is 0 Å². The van der Waals surface area contributed by atoms with E-state index >= 15 is 0 Å². The number of ketones is 2. The van der Waals surface area contributed by atoms with Gasteiger partial charge in [-0.15, -0.1) is 0 Å². The molecule has 0 aliphatic rings. The number of carbonyl (C=O) groups excluding carboxylic acids is 2. The van der Waals surface area contributed by atoms with Gasteiger partial charge in [-0.05, 0) is 18.6 Å². The van der Waals surface area contributed by atoms with Crippen LogP contribution in [0.15, 0.2) is 36.4 Å². The molecule has 0 aliphatic carbocycles. The average molecular weight is 202 g/mol. The van der Waals surface area contributed by atoms with Crippen molar-refractivity contribution < 1.29 is 9.59 Å². The molecule has 0 saturated heterocycles. The zero-order chi connectivity index (χ0) is 11.1. The van der Waals surface area contributed by atoms with Crippen LogP contribution in [0.1, 0.15) is 25.3 Å². The third-order valence-corrected chi connectivity index (χ3v) is 1.98. The van der Waals surface area contributed by atoms with Crippen molar-refractivity contribution in [1.29, 1.82) is 0 Å². The van der Waals surface area contributed by atoms with Crippen LogP contribution in [0.5, 0.6) is 0 Å². The Bertz CT molecular complexity index is 363. The molecule has 0 fully saturated rings. The van der Waals surface area contributed by atoms with E-state index in [1.54, 1.807) is 6.08 Å². The Morgan fingerprint density at radius 3 is 2.40 bits per heavy atom. The minimum absolute atomic E-state index is 0.00551. The number of allylic oxidation sites excluding steroid dienone is 1. The van der Waals surface area contributed by atoms with E-state index in [0.717, 1.165) is 5.56 Å². The van der Waals surface area contributed by atoms with Crippen molar-refractivity contribution in [2.75, 3.05) is 0 Å². The molecule has 0 atom stereocenters. The molecule has 0 saturated carbocycles. The fourth-order valence-corrected chi connectivity index (χ4v) is 1.14. The summed E-state index contributed by atoms with van der Waals surface area (Å²) in [5.41, 5.74) is 0.994. The van der Waals surface area contributed by atoms with Gasteiger partial charge >= 0.3 is 0 Å². The third-order valence-electron chi connectivity index (χ3n) is 1.98. The molecule has 2 heteroatoms. The lowest BCUT2D eigenvalue weighted by molar-refractivity contribution is -0.120. The zero-order valence-corrected chi connectivity index (χ0v) is 8.77. The molecule has 1 aromatic rings. The van der Waals surface area contributed by atoms with E-state index in [-0.39, 0.29) is 11.6 Å². The van der Waals surface area contributed by atoms with Crippen molar-refractivity contribution in [3.8, 4) is 0 Å². The molecular formula is C13H14O2. The topological polar surface area (TPSA) is 34.1 Å². The van der Waals surface area contributed by atoms with Gasteiger partial charge in [0.2, 0.25) is 0 Å². The minimum atomic E-state index is -0.00551. The summed E-state index contributed by atoms with van der Waals surface area (Å²) in [5, 5.41) is 0. The van der Waals surface area contributed by atoms with E-state index in [2.05, 4.69) is 0 Å². The van der Waals surface area contributed by atoms with Gasteiger partial charge in [0.15, 0.2) is 5.78 Å². The number of benzene rings is 1. The Morgan fingerprint density at radius 2 is 1.80 bits per heavy atom. The Labute approximate surface area is 89.6 Å². The van der Waals surface area contributed by atoms with Crippen molar-refractivity contribution in [1.82, 2.24) is 0 Å². The molecule has 0 radical (unpaired) electrons. The lowest BCUT2D eigenvalue weighted by Gasteiger charge is -1.92. The Morgan fingerprint density at radius 1 is 1.13 bits per heavy atom. The molecule has 0 heterocycles. The highest BCUT2D eigenvalue weighted by atomic mass is 16.1. The monoisotopic (exact) mass is 202 g/mol. The molecule has 78 valence electrons. The van der Waals surface area contributed by atoms with E-state index in [0.29, 0.717) is 12.8 Å². The fourth-order valence-electron chi connectivity index (χ4n) is 1.14. The standard InChI is InChI=1S/C13H14O2/c1-11(14)7-9-13(15)10-8-12-5-3-2-4-6-12/h2-6,8,10H,7,9H2,1H3. The Kier molecular flexibility index (Phi) is 4.48. The van der Waals surface area contributed by atoms with Crippen LogP contribution < -0.4 is 0 Å². The molecule has 0 unspecified atom stereocenters. The van der Waals surface area contributed by atoms with Crippen molar-refractivity contribution in [2.45, 2.75) is 19.8 Å². The van der Waals surface area contributed by atoms with Crippen LogP contribution >= 0.6 is 0 Å². The summed E-state index contributed by atoms with van der Waals surface area (Å²) < 4.78 is 0. The molecule has 0 aromatic heterocycles. The van der Waals surface area contributed by atoms with E-state index in [4.69, 9.17) is 0 Å². The summed E-state index contributed by atoms with van der Waals surface area (Å²) in [6.45, 7) is 1.49. The van der Waals surface area contributed by atoms with Crippen LogP contribution in [0.3, 0.4) is 0 Å². The first kappa shape index (κ1) is 11.4. The van der Waals surface area contributed by atoms with Gasteiger partial charge in [0.25, 0.3) is 0 Å². The smallest absolute Gasteiger partial charge is 0.156 e. The summed E-state index contributed by atoms with van der Waals surface area (Å²) in [6.07, 6.45) is 3.93. The maximum absolute atomic E-state index is 11.3. The van der Waals surface area contributed by atoms with E-state index in [1.165, 1.54) is 13.0 Å². The van der Waals surface area contributed by atoms with Crippen molar-refractivity contribution >= 4 is 17.6 Å². The SMILES string of the molecule is CC(=O)CCC(=O)C=Cc1ccccc1. The van der Waals surface area contributed by atoms with Gasteiger partial charge in [0.1, 0.15) is 5.78 Å².